The molecule has 37 heavy (non-hydrogen) atoms. The van der Waals surface area contributed by atoms with Gasteiger partial charge in [-0.3, -0.25) is 19.2 Å². The maximum atomic E-state index is 15.9. The van der Waals surface area contributed by atoms with Crippen molar-refractivity contribution in [1.82, 2.24) is 14.7 Å². The summed E-state index contributed by atoms with van der Waals surface area (Å²) in [5.41, 5.74) is 7.35. The Morgan fingerprint density at radius 3 is 2.49 bits per heavy atom. The number of nitrogens with two attached hydrogens (primary N) is 1. The Morgan fingerprint density at radius 1 is 1.14 bits per heavy atom. The first-order chi connectivity index (χ1) is 17.9. The Labute approximate surface area is 217 Å². The summed E-state index contributed by atoms with van der Waals surface area (Å²) in [6.07, 6.45) is 8.57. The van der Waals surface area contributed by atoms with Crippen LogP contribution in [0.25, 0.3) is 0 Å². The molecule has 1 aromatic heterocycles. The van der Waals surface area contributed by atoms with Gasteiger partial charge < -0.3 is 5.73 Å². The van der Waals surface area contributed by atoms with E-state index >= 15 is 4.39 Å². The molecule has 1 aliphatic heterocycles. The van der Waals surface area contributed by atoms with Gasteiger partial charge in [0, 0.05) is 31.7 Å². The Hall–Kier alpha value is -3.05. The van der Waals surface area contributed by atoms with Crippen LogP contribution in [0, 0.1) is 17.2 Å². The fraction of sp³-hybridized carbons (Fsp3) is 0.586. The molecule has 0 radical (unpaired) electrons. The predicted octanol–water partition coefficient (Wildman–Crippen LogP) is 4.40. The van der Waals surface area contributed by atoms with Crippen LogP contribution in [0.15, 0.2) is 30.5 Å². The van der Waals surface area contributed by atoms with E-state index in [9.17, 15) is 14.9 Å². The van der Waals surface area contributed by atoms with Crippen molar-refractivity contribution in [1.29, 1.82) is 5.26 Å². The average Bonchev–Trinajstić information content (AvgIpc) is 3.67. The lowest BCUT2D eigenvalue weighted by Gasteiger charge is -2.43. The molecular formula is C29H36FN5O2. The van der Waals surface area contributed by atoms with Gasteiger partial charge >= 0.3 is 0 Å². The van der Waals surface area contributed by atoms with E-state index in [4.69, 9.17) is 5.73 Å². The number of aromatic nitrogens is 2. The number of primary amides is 1. The largest absolute Gasteiger partial charge is 0.365 e. The number of nitriles is 1. The van der Waals surface area contributed by atoms with Crippen LogP contribution >= 0.6 is 0 Å². The number of likely N-dealkylation sites (tertiary alicyclic amines) is 1. The number of carbonyl (C=O) groups excluding carboxylic acids is 2. The molecule has 1 saturated heterocycles. The third-order valence-electron chi connectivity index (χ3n) is 8.60. The number of carbonyl (C=O) groups is 2. The Bertz CT molecular complexity index is 1180. The van der Waals surface area contributed by atoms with Crippen LogP contribution in [-0.2, 0) is 23.3 Å². The molecule has 2 heterocycles. The fourth-order valence-corrected chi connectivity index (χ4v) is 6.09. The first-order valence-electron chi connectivity index (χ1n) is 13.6. The highest BCUT2D eigenvalue weighted by molar-refractivity contribution is 5.95. The molecule has 1 aromatic carbocycles. The first-order valence-corrected chi connectivity index (χ1v) is 13.6. The fourth-order valence-electron chi connectivity index (χ4n) is 6.09. The zero-order chi connectivity index (χ0) is 26.0. The van der Waals surface area contributed by atoms with Gasteiger partial charge in [-0.2, -0.15) is 10.4 Å². The van der Waals surface area contributed by atoms with E-state index in [1.54, 1.807) is 0 Å². The molecule has 2 atom stereocenters. The van der Waals surface area contributed by atoms with Crippen molar-refractivity contribution < 1.29 is 14.0 Å². The minimum atomic E-state index is -1.37. The molecule has 2 unspecified atom stereocenters. The summed E-state index contributed by atoms with van der Waals surface area (Å²) < 4.78 is 17.4. The van der Waals surface area contributed by atoms with Gasteiger partial charge in [0.25, 0.3) is 5.91 Å². The van der Waals surface area contributed by atoms with E-state index in [-0.39, 0.29) is 42.3 Å². The van der Waals surface area contributed by atoms with Crippen LogP contribution in [0.1, 0.15) is 90.9 Å². The van der Waals surface area contributed by atoms with Crippen LogP contribution in [0.3, 0.4) is 0 Å². The predicted molar refractivity (Wildman–Crippen MR) is 137 cm³/mol. The number of halogens is 1. The van der Waals surface area contributed by atoms with Gasteiger partial charge in [-0.05, 0) is 49.1 Å². The van der Waals surface area contributed by atoms with Crippen molar-refractivity contribution in [2.24, 2.45) is 11.7 Å². The first kappa shape index (κ1) is 25.6. The minimum absolute atomic E-state index is 0.0124. The molecule has 5 rings (SSSR count). The molecular weight excluding hydrogens is 469 g/mol. The summed E-state index contributed by atoms with van der Waals surface area (Å²) in [5, 5.41) is 14.1. The molecule has 7 nitrogen and oxygen atoms in total. The Morgan fingerprint density at radius 2 is 1.86 bits per heavy atom. The van der Waals surface area contributed by atoms with E-state index < -0.39 is 17.6 Å². The maximum Gasteiger partial charge on any atom is 0.252 e. The maximum absolute atomic E-state index is 15.9. The summed E-state index contributed by atoms with van der Waals surface area (Å²) >= 11 is 0. The molecule has 2 saturated carbocycles. The van der Waals surface area contributed by atoms with E-state index in [0.717, 1.165) is 18.4 Å². The minimum Gasteiger partial charge on any atom is -0.365 e. The topological polar surface area (TPSA) is 105 Å². The molecule has 196 valence electrons. The number of hydrogen-bond donors (Lipinski definition) is 1. The van der Waals surface area contributed by atoms with Crippen molar-refractivity contribution in [3.05, 3.63) is 52.8 Å². The van der Waals surface area contributed by atoms with Crippen LogP contribution in [0.5, 0.6) is 0 Å². The second-order valence-electron chi connectivity index (χ2n) is 11.2. The summed E-state index contributed by atoms with van der Waals surface area (Å²) in [6, 6.07) is 10.9. The molecule has 3 aliphatic rings. The number of piperidine rings is 1. The van der Waals surface area contributed by atoms with E-state index in [1.807, 2.05) is 0 Å². The highest BCUT2D eigenvalue weighted by Crippen LogP contribution is 2.38. The molecule has 2 N–H and O–H groups in total. The summed E-state index contributed by atoms with van der Waals surface area (Å²) in [5.74, 6) is 0.0148. The van der Waals surface area contributed by atoms with Crippen molar-refractivity contribution in [3.8, 4) is 6.07 Å². The summed E-state index contributed by atoms with van der Waals surface area (Å²) in [4.78, 5) is 26.6. The summed E-state index contributed by atoms with van der Waals surface area (Å²) in [7, 11) is 0. The standard InChI is InChI=1S/C29H36FN5O2/c30-27-19-34(17-20-6-8-22(9-7-20)21-4-2-1-3-5-21)15-13-29(27,12-14-31)35-18-24(28(32)37)25(33-35)16-26(36)23-10-11-23/h6-9,18,21,23,27H,1-5,10-13,15-17,19H2,(H2,32,37). The Balaban J connectivity index is 1.29. The zero-order valence-electron chi connectivity index (χ0n) is 21.4. The van der Waals surface area contributed by atoms with Crippen LogP contribution < -0.4 is 5.73 Å². The lowest BCUT2D eigenvalue weighted by molar-refractivity contribution is -0.119. The van der Waals surface area contributed by atoms with E-state index in [1.165, 1.54) is 48.5 Å². The third kappa shape index (κ3) is 5.47. The van der Waals surface area contributed by atoms with Crippen LogP contribution in [-0.4, -0.2) is 45.6 Å². The van der Waals surface area contributed by atoms with Crippen molar-refractivity contribution in [2.45, 2.75) is 88.4 Å². The van der Waals surface area contributed by atoms with Gasteiger partial charge in [-0.1, -0.05) is 43.5 Å². The highest BCUT2D eigenvalue weighted by atomic mass is 19.1. The van der Waals surface area contributed by atoms with Gasteiger partial charge in [0.15, 0.2) is 0 Å². The number of rotatable bonds is 9. The average molecular weight is 506 g/mol. The quantitative estimate of drug-likeness (QED) is 0.544. The zero-order valence-corrected chi connectivity index (χ0v) is 21.4. The van der Waals surface area contributed by atoms with Gasteiger partial charge in [0.05, 0.1) is 30.2 Å². The normalized spacial score (nSPS) is 25.0. The van der Waals surface area contributed by atoms with Gasteiger partial charge in [0.2, 0.25) is 0 Å². The van der Waals surface area contributed by atoms with E-state index in [2.05, 4.69) is 40.3 Å². The number of ketones is 1. The van der Waals surface area contributed by atoms with Gasteiger partial charge in [-0.25, -0.2) is 4.39 Å². The monoisotopic (exact) mass is 505 g/mol. The van der Waals surface area contributed by atoms with Crippen molar-refractivity contribution in [2.75, 3.05) is 13.1 Å². The number of alkyl halides is 1. The van der Waals surface area contributed by atoms with Crippen LogP contribution in [0.4, 0.5) is 4.39 Å². The van der Waals surface area contributed by atoms with Crippen LogP contribution in [0.2, 0.25) is 0 Å². The molecule has 1 amide bonds. The van der Waals surface area contributed by atoms with Crippen molar-refractivity contribution in [3.63, 3.8) is 0 Å². The molecule has 8 heteroatoms. The molecule has 0 spiro atoms. The third-order valence-corrected chi connectivity index (χ3v) is 8.60. The van der Waals surface area contributed by atoms with E-state index in [0.29, 0.717) is 25.4 Å². The Kier molecular flexibility index (Phi) is 7.43. The SMILES string of the molecule is N#CCC1(n2cc(C(N)=O)c(CC(=O)C3CC3)n2)CCN(Cc2ccc(C3CCCCC3)cc2)CC1F. The van der Waals surface area contributed by atoms with Gasteiger partial charge in [0.1, 0.15) is 17.5 Å². The number of Topliss-reactive ketones (excluding diaryl/α,β-unsaturated/α-hetero) is 1. The molecule has 2 aromatic rings. The number of amides is 1. The second-order valence-corrected chi connectivity index (χ2v) is 11.2. The number of benzene rings is 1. The van der Waals surface area contributed by atoms with Crippen molar-refractivity contribution >= 4 is 11.7 Å². The molecule has 0 bridgehead atoms. The highest BCUT2D eigenvalue weighted by Gasteiger charge is 2.46. The lowest BCUT2D eigenvalue weighted by atomic mass is 9.82. The smallest absolute Gasteiger partial charge is 0.252 e. The molecule has 3 fully saturated rings. The number of hydrogen-bond acceptors (Lipinski definition) is 5. The lowest BCUT2D eigenvalue weighted by Crippen LogP contribution is -2.54. The van der Waals surface area contributed by atoms with Gasteiger partial charge in [-0.15, -0.1) is 0 Å². The number of nitrogens with zero attached hydrogens (tertiary/aromatic N) is 4. The molecule has 2 aliphatic carbocycles. The second kappa shape index (κ2) is 10.7. The summed E-state index contributed by atoms with van der Waals surface area (Å²) in [6.45, 7) is 1.39.